The van der Waals surface area contributed by atoms with Gasteiger partial charge in [-0.2, -0.15) is 5.10 Å². The van der Waals surface area contributed by atoms with Gasteiger partial charge in [0, 0.05) is 29.2 Å². The smallest absolute Gasteiger partial charge is 0.158 e. The van der Waals surface area contributed by atoms with Gasteiger partial charge in [-0.1, -0.05) is 30.9 Å². The first kappa shape index (κ1) is 13.4. The molecule has 20 heavy (non-hydrogen) atoms. The van der Waals surface area contributed by atoms with Gasteiger partial charge in [-0.3, -0.25) is 0 Å². The number of halogens is 1. The molecule has 106 valence electrons. The van der Waals surface area contributed by atoms with Crippen LogP contribution in [0.4, 0.5) is 5.69 Å². The van der Waals surface area contributed by atoms with Crippen molar-refractivity contribution < 1.29 is 0 Å². The Morgan fingerprint density at radius 2 is 1.95 bits per heavy atom. The fourth-order valence-corrected chi connectivity index (χ4v) is 3.17. The van der Waals surface area contributed by atoms with E-state index in [1.54, 1.807) is 6.07 Å². The number of nitrogens with two attached hydrogens (primary N) is 1. The number of nitrogen functional groups attached to an aromatic ring is 1. The van der Waals surface area contributed by atoms with Gasteiger partial charge in [0.15, 0.2) is 11.6 Å². The Bertz CT molecular complexity index is 594. The molecular formula is C15H19ClN4. The summed E-state index contributed by atoms with van der Waals surface area (Å²) in [7, 11) is 1.92. The summed E-state index contributed by atoms with van der Waals surface area (Å²) in [4.78, 5) is 4.72. The van der Waals surface area contributed by atoms with Crippen molar-refractivity contribution in [3.63, 3.8) is 0 Å². The van der Waals surface area contributed by atoms with Crippen molar-refractivity contribution in [1.29, 1.82) is 0 Å². The summed E-state index contributed by atoms with van der Waals surface area (Å²) < 4.78 is 1.83. The molecule has 0 spiro atoms. The Morgan fingerprint density at radius 1 is 1.20 bits per heavy atom. The maximum atomic E-state index is 6.07. The van der Waals surface area contributed by atoms with Crippen LogP contribution in [0, 0.1) is 0 Å². The maximum Gasteiger partial charge on any atom is 0.158 e. The lowest BCUT2D eigenvalue weighted by Crippen LogP contribution is -2.06. The normalized spacial score (nSPS) is 16.5. The molecule has 2 aromatic rings. The lowest BCUT2D eigenvalue weighted by atomic mass is 9.89. The van der Waals surface area contributed by atoms with Crippen molar-refractivity contribution in [2.24, 2.45) is 7.05 Å². The van der Waals surface area contributed by atoms with Gasteiger partial charge < -0.3 is 5.73 Å². The molecular weight excluding hydrogens is 272 g/mol. The number of anilines is 1. The Morgan fingerprint density at radius 3 is 2.65 bits per heavy atom. The van der Waals surface area contributed by atoms with Crippen LogP contribution in [0.25, 0.3) is 11.4 Å². The summed E-state index contributed by atoms with van der Waals surface area (Å²) in [6.45, 7) is 0. The molecule has 3 rings (SSSR count). The van der Waals surface area contributed by atoms with Crippen LogP contribution >= 0.6 is 11.6 Å². The first-order valence-electron chi connectivity index (χ1n) is 7.11. The predicted molar refractivity (Wildman–Crippen MR) is 81.7 cm³/mol. The van der Waals surface area contributed by atoms with E-state index < -0.39 is 0 Å². The van der Waals surface area contributed by atoms with Crippen LogP contribution in [-0.2, 0) is 7.05 Å². The molecule has 1 fully saturated rings. The molecule has 4 nitrogen and oxygen atoms in total. The fourth-order valence-electron chi connectivity index (χ4n) is 2.93. The summed E-state index contributed by atoms with van der Waals surface area (Å²) in [5, 5.41) is 5.22. The van der Waals surface area contributed by atoms with E-state index in [0.717, 1.165) is 17.2 Å². The number of hydrogen-bond donors (Lipinski definition) is 1. The minimum atomic E-state index is 0.500. The second-order valence-corrected chi connectivity index (χ2v) is 5.96. The zero-order valence-corrected chi connectivity index (χ0v) is 12.4. The fraction of sp³-hybridized carbons (Fsp3) is 0.467. The van der Waals surface area contributed by atoms with E-state index in [0.29, 0.717) is 16.6 Å². The molecule has 1 aliphatic carbocycles. The van der Waals surface area contributed by atoms with Crippen LogP contribution in [0.5, 0.6) is 0 Å². The van der Waals surface area contributed by atoms with Gasteiger partial charge in [-0.05, 0) is 31.0 Å². The highest BCUT2D eigenvalue weighted by Gasteiger charge is 2.21. The average molecular weight is 291 g/mol. The van der Waals surface area contributed by atoms with Crippen molar-refractivity contribution in [1.82, 2.24) is 14.8 Å². The summed E-state index contributed by atoms with van der Waals surface area (Å²) in [6.07, 6.45) is 6.29. The van der Waals surface area contributed by atoms with Gasteiger partial charge >= 0.3 is 0 Å². The third-order valence-corrected chi connectivity index (χ3v) is 4.15. The lowest BCUT2D eigenvalue weighted by molar-refractivity contribution is 0.427. The van der Waals surface area contributed by atoms with E-state index in [-0.39, 0.29) is 0 Å². The molecule has 1 heterocycles. The predicted octanol–water partition coefficient (Wildman–Crippen LogP) is 3.77. The lowest BCUT2D eigenvalue weighted by Gasteiger charge is -2.18. The Kier molecular flexibility index (Phi) is 3.66. The Hall–Kier alpha value is -1.55. The van der Waals surface area contributed by atoms with Crippen molar-refractivity contribution in [2.45, 2.75) is 38.0 Å². The molecule has 0 unspecified atom stereocenters. The largest absolute Gasteiger partial charge is 0.399 e. The van der Waals surface area contributed by atoms with Crippen LogP contribution in [0.1, 0.15) is 43.8 Å². The topological polar surface area (TPSA) is 56.7 Å². The molecule has 0 atom stereocenters. The van der Waals surface area contributed by atoms with Crippen LogP contribution in [-0.4, -0.2) is 14.8 Å². The molecule has 5 heteroatoms. The van der Waals surface area contributed by atoms with Crippen LogP contribution in [0.15, 0.2) is 18.2 Å². The van der Waals surface area contributed by atoms with Crippen molar-refractivity contribution in [3.05, 3.63) is 29.0 Å². The van der Waals surface area contributed by atoms with E-state index in [2.05, 4.69) is 5.10 Å². The first-order valence-corrected chi connectivity index (χ1v) is 7.48. The van der Waals surface area contributed by atoms with Crippen molar-refractivity contribution >= 4 is 17.3 Å². The highest BCUT2D eigenvalue weighted by atomic mass is 35.5. The maximum absolute atomic E-state index is 6.07. The average Bonchev–Trinajstić information content (AvgIpc) is 2.81. The highest BCUT2D eigenvalue weighted by Crippen LogP contribution is 2.32. The number of aromatic nitrogens is 3. The van der Waals surface area contributed by atoms with Gasteiger partial charge in [-0.15, -0.1) is 0 Å². The molecule has 1 aromatic heterocycles. The van der Waals surface area contributed by atoms with Gasteiger partial charge in [0.2, 0.25) is 0 Å². The molecule has 1 aromatic carbocycles. The minimum absolute atomic E-state index is 0.500. The van der Waals surface area contributed by atoms with E-state index >= 15 is 0 Å². The second-order valence-electron chi connectivity index (χ2n) is 5.53. The van der Waals surface area contributed by atoms with E-state index in [9.17, 15) is 0 Å². The van der Waals surface area contributed by atoms with Crippen LogP contribution in [0.3, 0.4) is 0 Å². The summed E-state index contributed by atoms with van der Waals surface area (Å²) in [5.41, 5.74) is 7.43. The molecule has 0 amide bonds. The molecule has 0 aliphatic heterocycles. The SMILES string of the molecule is Cn1nc(C2CCCCC2)nc1-c1cc(N)cc(Cl)c1. The van der Waals surface area contributed by atoms with Crippen molar-refractivity contribution in [3.8, 4) is 11.4 Å². The monoisotopic (exact) mass is 290 g/mol. The zero-order chi connectivity index (χ0) is 14.1. The summed E-state index contributed by atoms with van der Waals surface area (Å²) >= 11 is 6.07. The Balaban J connectivity index is 1.95. The number of rotatable bonds is 2. The summed E-state index contributed by atoms with van der Waals surface area (Å²) in [6, 6.07) is 5.51. The van der Waals surface area contributed by atoms with Crippen LogP contribution in [0.2, 0.25) is 5.02 Å². The highest BCUT2D eigenvalue weighted by molar-refractivity contribution is 6.31. The molecule has 1 aliphatic rings. The second kappa shape index (κ2) is 5.44. The van der Waals surface area contributed by atoms with E-state index in [1.165, 1.54) is 32.1 Å². The van der Waals surface area contributed by atoms with Gasteiger partial charge in [0.25, 0.3) is 0 Å². The van der Waals surface area contributed by atoms with Crippen LogP contribution < -0.4 is 5.73 Å². The molecule has 0 radical (unpaired) electrons. The number of nitrogens with zero attached hydrogens (tertiary/aromatic N) is 3. The van der Waals surface area contributed by atoms with Gasteiger partial charge in [-0.25, -0.2) is 9.67 Å². The van der Waals surface area contributed by atoms with E-state index in [4.69, 9.17) is 22.3 Å². The van der Waals surface area contributed by atoms with E-state index in [1.807, 2.05) is 23.9 Å². The summed E-state index contributed by atoms with van der Waals surface area (Å²) in [5.74, 6) is 2.29. The number of benzene rings is 1. The number of hydrogen-bond acceptors (Lipinski definition) is 3. The third kappa shape index (κ3) is 2.66. The van der Waals surface area contributed by atoms with Gasteiger partial charge in [0.1, 0.15) is 0 Å². The quantitative estimate of drug-likeness (QED) is 0.857. The molecule has 0 bridgehead atoms. The molecule has 0 saturated heterocycles. The third-order valence-electron chi connectivity index (χ3n) is 3.93. The zero-order valence-electron chi connectivity index (χ0n) is 11.6. The Labute approximate surface area is 124 Å². The minimum Gasteiger partial charge on any atom is -0.399 e. The van der Waals surface area contributed by atoms with Gasteiger partial charge in [0.05, 0.1) is 0 Å². The molecule has 2 N–H and O–H groups in total. The van der Waals surface area contributed by atoms with Crippen molar-refractivity contribution in [2.75, 3.05) is 5.73 Å². The first-order chi connectivity index (χ1) is 9.63. The molecule has 1 saturated carbocycles. The number of aryl methyl sites for hydroxylation is 1. The standard InChI is InChI=1S/C15H19ClN4/c1-20-15(11-7-12(16)9-13(17)8-11)18-14(19-20)10-5-3-2-4-6-10/h7-10H,2-6,17H2,1H3.